The maximum atomic E-state index is 2.51. The molecular weight excluding hydrogens is 490 g/mol. The SMILES string of the molecule is C1=CC(C2CCCC2)=[C]([Hf+2][C]2=C(C3CCCC3)C=CC2)C1.[Cl-].[Cl-]. The molecule has 0 aromatic carbocycles. The fraction of sp³-hybridized carbons (Fsp3) is 0.600. The van der Waals surface area contributed by atoms with Crippen LogP contribution in [0.1, 0.15) is 64.2 Å². The Morgan fingerprint density at radius 3 is 1.43 bits per heavy atom. The minimum Gasteiger partial charge on any atom is -1.00 e. The average Bonchev–Trinajstić information content (AvgIpc) is 3.28. The van der Waals surface area contributed by atoms with Crippen molar-refractivity contribution in [2.75, 3.05) is 0 Å². The average molecular weight is 516 g/mol. The van der Waals surface area contributed by atoms with E-state index in [2.05, 4.69) is 24.3 Å². The van der Waals surface area contributed by atoms with E-state index in [1.54, 1.807) is 0 Å². The van der Waals surface area contributed by atoms with E-state index in [1.807, 2.05) is 17.8 Å². The predicted octanol–water partition coefficient (Wildman–Crippen LogP) is -0.115. The van der Waals surface area contributed by atoms with Crippen LogP contribution in [-0.2, 0) is 22.9 Å². The van der Waals surface area contributed by atoms with Gasteiger partial charge in [0, 0.05) is 0 Å². The van der Waals surface area contributed by atoms with Crippen molar-refractivity contribution in [1.82, 2.24) is 0 Å². The summed E-state index contributed by atoms with van der Waals surface area (Å²) in [5, 5.41) is 0. The molecule has 23 heavy (non-hydrogen) atoms. The molecule has 0 aliphatic heterocycles. The molecule has 0 unspecified atom stereocenters. The number of hydrogen-bond acceptors (Lipinski definition) is 0. The van der Waals surface area contributed by atoms with Crippen molar-refractivity contribution in [2.45, 2.75) is 64.2 Å². The Morgan fingerprint density at radius 1 is 0.652 bits per heavy atom. The van der Waals surface area contributed by atoms with E-state index in [0.717, 1.165) is 11.8 Å². The van der Waals surface area contributed by atoms with Crippen LogP contribution in [0, 0.1) is 11.8 Å². The minimum atomic E-state index is -0.739. The largest absolute Gasteiger partial charge is 1.00 e. The first-order valence-corrected chi connectivity index (χ1v) is 12.6. The van der Waals surface area contributed by atoms with Crippen LogP contribution in [0.25, 0.3) is 0 Å². The predicted molar refractivity (Wildman–Crippen MR) is 85.5 cm³/mol. The number of allylic oxidation sites excluding steroid dienone is 8. The van der Waals surface area contributed by atoms with Crippen molar-refractivity contribution in [3.05, 3.63) is 42.1 Å². The summed E-state index contributed by atoms with van der Waals surface area (Å²) in [5.74, 6) is 1.88. The van der Waals surface area contributed by atoms with Crippen LogP contribution >= 0.6 is 0 Å². The third-order valence-corrected chi connectivity index (χ3v) is 11.5. The Kier molecular flexibility index (Phi) is 7.89. The van der Waals surface area contributed by atoms with Crippen LogP contribution in [0.5, 0.6) is 0 Å². The third-order valence-electron chi connectivity index (χ3n) is 5.83. The number of rotatable bonds is 4. The van der Waals surface area contributed by atoms with Gasteiger partial charge in [-0.3, -0.25) is 0 Å². The van der Waals surface area contributed by atoms with Crippen molar-refractivity contribution in [2.24, 2.45) is 11.8 Å². The van der Waals surface area contributed by atoms with E-state index in [1.165, 1.54) is 64.2 Å². The van der Waals surface area contributed by atoms with Crippen molar-refractivity contribution >= 4 is 0 Å². The van der Waals surface area contributed by atoms with Gasteiger partial charge in [-0.2, -0.15) is 0 Å². The van der Waals surface area contributed by atoms with E-state index in [-0.39, 0.29) is 24.8 Å². The molecule has 0 bridgehead atoms. The maximum absolute atomic E-state index is 2.51. The molecule has 0 atom stereocenters. The Bertz CT molecular complexity index is 482. The van der Waals surface area contributed by atoms with Gasteiger partial charge in [0.15, 0.2) is 0 Å². The summed E-state index contributed by atoms with van der Waals surface area (Å²) >= 11 is -0.739. The molecule has 0 nitrogen and oxygen atoms in total. The van der Waals surface area contributed by atoms with Crippen LogP contribution in [0.4, 0.5) is 0 Å². The summed E-state index contributed by atoms with van der Waals surface area (Å²) in [6, 6.07) is 0. The summed E-state index contributed by atoms with van der Waals surface area (Å²) in [4.78, 5) is 0. The molecule has 0 heterocycles. The van der Waals surface area contributed by atoms with Crippen LogP contribution in [0.3, 0.4) is 0 Å². The summed E-state index contributed by atoms with van der Waals surface area (Å²) in [7, 11) is 0. The first-order chi connectivity index (χ1) is 10.4. The zero-order valence-electron chi connectivity index (χ0n) is 13.8. The second kappa shape index (κ2) is 9.20. The van der Waals surface area contributed by atoms with Gasteiger partial charge >= 0.3 is 141 Å². The zero-order valence-corrected chi connectivity index (χ0v) is 18.9. The fourth-order valence-corrected chi connectivity index (χ4v) is 10.7. The molecule has 0 N–H and O–H groups in total. The summed E-state index contributed by atoms with van der Waals surface area (Å²) in [6.07, 6.45) is 24.4. The summed E-state index contributed by atoms with van der Waals surface area (Å²) in [6.45, 7) is 0. The van der Waals surface area contributed by atoms with E-state index < -0.39 is 22.9 Å². The molecule has 0 spiro atoms. The standard InChI is InChI=1S/2C10H13.2ClH.Hf/c2*1-2-6-9(5-1)10-7-3-4-8-10;;;/h2*1,5,10H,2-4,7-8H2;2*1H;/q;;;;+2/p-2. The van der Waals surface area contributed by atoms with Crippen molar-refractivity contribution in [3.8, 4) is 0 Å². The molecular formula is C20H26Cl2Hf. The molecule has 4 rings (SSSR count). The van der Waals surface area contributed by atoms with Gasteiger partial charge in [-0.05, 0) is 0 Å². The van der Waals surface area contributed by atoms with Gasteiger partial charge in [-0.25, -0.2) is 0 Å². The Labute approximate surface area is 165 Å². The molecule has 0 radical (unpaired) electrons. The second-order valence-corrected chi connectivity index (χ2v) is 12.4. The monoisotopic (exact) mass is 516 g/mol. The molecule has 4 aliphatic rings. The van der Waals surface area contributed by atoms with Crippen LogP contribution in [-0.4, -0.2) is 0 Å². The normalized spacial score (nSPS) is 24.3. The Morgan fingerprint density at radius 2 is 1.04 bits per heavy atom. The maximum Gasteiger partial charge on any atom is -1.00 e. The number of halogens is 2. The molecule has 0 amide bonds. The van der Waals surface area contributed by atoms with Gasteiger partial charge in [0.05, 0.1) is 0 Å². The molecule has 124 valence electrons. The first-order valence-electron chi connectivity index (χ1n) is 8.98. The van der Waals surface area contributed by atoms with Gasteiger partial charge < -0.3 is 24.8 Å². The molecule has 4 aliphatic carbocycles. The third kappa shape index (κ3) is 4.33. The molecule has 3 heteroatoms. The first kappa shape index (κ1) is 19.7. The van der Waals surface area contributed by atoms with Crippen molar-refractivity contribution in [3.63, 3.8) is 0 Å². The Hall–Kier alpha value is 0.410. The molecule has 2 saturated carbocycles. The van der Waals surface area contributed by atoms with Crippen LogP contribution in [0.15, 0.2) is 42.1 Å². The van der Waals surface area contributed by atoms with Crippen LogP contribution < -0.4 is 24.8 Å². The van der Waals surface area contributed by atoms with Gasteiger partial charge in [0.25, 0.3) is 0 Å². The van der Waals surface area contributed by atoms with Crippen molar-refractivity contribution in [1.29, 1.82) is 0 Å². The molecule has 2 fully saturated rings. The quantitative estimate of drug-likeness (QED) is 0.459. The summed E-state index contributed by atoms with van der Waals surface area (Å²) < 4.78 is 3.91. The summed E-state index contributed by atoms with van der Waals surface area (Å²) in [5.41, 5.74) is 3.64. The van der Waals surface area contributed by atoms with E-state index in [4.69, 9.17) is 0 Å². The van der Waals surface area contributed by atoms with Gasteiger partial charge in [-0.1, -0.05) is 0 Å². The smallest absolute Gasteiger partial charge is 1.00 e. The molecule has 0 aromatic rings. The number of hydrogen-bond donors (Lipinski definition) is 0. The second-order valence-electron chi connectivity index (χ2n) is 7.17. The van der Waals surface area contributed by atoms with Crippen LogP contribution in [0.2, 0.25) is 0 Å². The van der Waals surface area contributed by atoms with E-state index >= 15 is 0 Å². The zero-order chi connectivity index (χ0) is 14.1. The molecule has 0 aromatic heterocycles. The Balaban J connectivity index is 0.000000960. The van der Waals surface area contributed by atoms with Crippen molar-refractivity contribution < 1.29 is 47.7 Å². The minimum absolute atomic E-state index is 0. The fourth-order valence-electron chi connectivity index (χ4n) is 4.71. The van der Waals surface area contributed by atoms with Gasteiger partial charge in [-0.15, -0.1) is 0 Å². The topological polar surface area (TPSA) is 0 Å². The van der Waals surface area contributed by atoms with Gasteiger partial charge in [0.1, 0.15) is 0 Å². The van der Waals surface area contributed by atoms with Gasteiger partial charge in [0.2, 0.25) is 0 Å². The van der Waals surface area contributed by atoms with E-state index in [9.17, 15) is 0 Å². The molecule has 0 saturated heterocycles. The van der Waals surface area contributed by atoms with E-state index in [0.29, 0.717) is 0 Å².